The van der Waals surface area contributed by atoms with Crippen LogP contribution in [0.3, 0.4) is 0 Å². The Kier molecular flexibility index (Phi) is 4.85. The summed E-state index contributed by atoms with van der Waals surface area (Å²) in [7, 11) is 0. The van der Waals surface area contributed by atoms with E-state index in [-0.39, 0.29) is 17.9 Å². The minimum Gasteiger partial charge on any atom is -0.490 e. The fourth-order valence-electron chi connectivity index (χ4n) is 2.86. The molecule has 1 atom stereocenters. The molecule has 1 saturated heterocycles. The number of allylic oxidation sites excluding steroid dienone is 1. The van der Waals surface area contributed by atoms with Crippen molar-refractivity contribution in [1.29, 1.82) is 0 Å². The molecular weight excluding hydrogens is 306 g/mol. The zero-order valence-electron chi connectivity index (χ0n) is 13.8. The molecule has 2 aliphatic heterocycles. The number of fused-ring (bicyclic) bond motifs is 2. The number of amides is 2. The fourth-order valence-corrected chi connectivity index (χ4v) is 2.86. The van der Waals surface area contributed by atoms with E-state index in [1.807, 2.05) is 25.1 Å². The number of rotatable bonds is 0. The molecule has 0 aromatic heterocycles. The number of hydrogen-bond donors (Lipinski definition) is 3. The Morgan fingerprint density at radius 3 is 2.79 bits per heavy atom. The van der Waals surface area contributed by atoms with Gasteiger partial charge in [0.25, 0.3) is 5.91 Å². The van der Waals surface area contributed by atoms with Gasteiger partial charge in [0.05, 0.1) is 5.41 Å². The first-order chi connectivity index (χ1) is 11.6. The highest BCUT2D eigenvalue weighted by Crippen LogP contribution is 2.28. The standard InChI is InChI=1S/C18H23N3O3/c1-13-10-20-17(23)18(11-19-12-18)7-2-3-8-24-15-6-4-5-14(9-15)16(22)21-13/h2-6,9,13,19H,7-8,10-12H2,1H3,(H,20,23)(H,21,22)/b3-2+/t13-/m1/s1. The van der Waals surface area contributed by atoms with Gasteiger partial charge in [0, 0.05) is 31.2 Å². The van der Waals surface area contributed by atoms with Gasteiger partial charge in [-0.3, -0.25) is 9.59 Å². The summed E-state index contributed by atoms with van der Waals surface area (Å²) in [5.74, 6) is 0.514. The average Bonchev–Trinajstić information content (AvgIpc) is 2.54. The minimum atomic E-state index is -0.391. The topological polar surface area (TPSA) is 79.5 Å². The van der Waals surface area contributed by atoms with Crippen LogP contribution in [0.15, 0.2) is 36.4 Å². The van der Waals surface area contributed by atoms with E-state index in [0.717, 1.165) is 0 Å². The van der Waals surface area contributed by atoms with Crippen LogP contribution in [0.1, 0.15) is 23.7 Å². The van der Waals surface area contributed by atoms with E-state index in [2.05, 4.69) is 16.0 Å². The summed E-state index contributed by atoms with van der Waals surface area (Å²) >= 11 is 0. The maximum Gasteiger partial charge on any atom is 0.251 e. The van der Waals surface area contributed by atoms with Crippen LogP contribution in [-0.2, 0) is 4.79 Å². The summed E-state index contributed by atoms with van der Waals surface area (Å²) in [6.45, 7) is 4.04. The highest BCUT2D eigenvalue weighted by Gasteiger charge is 2.43. The molecule has 0 saturated carbocycles. The highest BCUT2D eigenvalue weighted by atomic mass is 16.5. The molecule has 1 spiro atoms. The Balaban J connectivity index is 1.77. The minimum absolute atomic E-state index is 0.0309. The van der Waals surface area contributed by atoms with Crippen molar-refractivity contribution in [2.75, 3.05) is 26.2 Å². The largest absolute Gasteiger partial charge is 0.490 e. The highest BCUT2D eigenvalue weighted by molar-refractivity contribution is 5.94. The van der Waals surface area contributed by atoms with Gasteiger partial charge in [-0.1, -0.05) is 18.2 Å². The number of benzene rings is 1. The van der Waals surface area contributed by atoms with E-state index in [1.165, 1.54) is 0 Å². The van der Waals surface area contributed by atoms with Gasteiger partial charge in [-0.25, -0.2) is 0 Å². The van der Waals surface area contributed by atoms with Crippen molar-refractivity contribution in [3.63, 3.8) is 0 Å². The average molecular weight is 329 g/mol. The van der Waals surface area contributed by atoms with Crippen LogP contribution in [0.2, 0.25) is 0 Å². The molecule has 24 heavy (non-hydrogen) atoms. The SMILES string of the molecule is C[C@@H]1CNC(=O)C2(C/C=C/COc3cccc(c3)C(=O)N1)CNC2. The molecule has 1 aromatic carbocycles. The van der Waals surface area contributed by atoms with Crippen LogP contribution in [0, 0.1) is 5.41 Å². The summed E-state index contributed by atoms with van der Waals surface area (Å²) in [6, 6.07) is 6.95. The number of nitrogens with one attached hydrogen (secondary N) is 3. The van der Waals surface area contributed by atoms with E-state index in [4.69, 9.17) is 4.74 Å². The van der Waals surface area contributed by atoms with Crippen molar-refractivity contribution in [3.05, 3.63) is 42.0 Å². The van der Waals surface area contributed by atoms with Crippen LogP contribution in [0.4, 0.5) is 0 Å². The predicted octanol–water partition coefficient (Wildman–Crippen LogP) is 0.849. The van der Waals surface area contributed by atoms with Crippen molar-refractivity contribution in [1.82, 2.24) is 16.0 Å². The molecule has 6 heteroatoms. The quantitative estimate of drug-likeness (QED) is 0.617. The summed E-state index contributed by atoms with van der Waals surface area (Å²) < 4.78 is 5.66. The van der Waals surface area contributed by atoms with Gasteiger partial charge in [-0.05, 0) is 31.5 Å². The summed E-state index contributed by atoms with van der Waals surface area (Å²) in [4.78, 5) is 24.8. The van der Waals surface area contributed by atoms with Gasteiger partial charge in [0.1, 0.15) is 12.4 Å². The Morgan fingerprint density at radius 2 is 2.04 bits per heavy atom. The van der Waals surface area contributed by atoms with E-state index in [0.29, 0.717) is 44.0 Å². The third kappa shape index (κ3) is 3.59. The van der Waals surface area contributed by atoms with Crippen molar-refractivity contribution in [3.8, 4) is 5.75 Å². The normalized spacial score (nSPS) is 25.3. The van der Waals surface area contributed by atoms with E-state index < -0.39 is 5.41 Å². The molecule has 3 N–H and O–H groups in total. The number of hydrogen-bond acceptors (Lipinski definition) is 4. The van der Waals surface area contributed by atoms with Gasteiger partial charge in [-0.2, -0.15) is 0 Å². The van der Waals surface area contributed by atoms with Gasteiger partial charge >= 0.3 is 0 Å². The molecule has 0 aliphatic carbocycles. The second-order valence-electron chi connectivity index (χ2n) is 6.48. The number of ether oxygens (including phenoxy) is 1. The van der Waals surface area contributed by atoms with E-state index in [9.17, 15) is 9.59 Å². The summed E-state index contributed by atoms with van der Waals surface area (Å²) in [5, 5.41) is 9.04. The maximum absolute atomic E-state index is 12.5. The molecule has 0 radical (unpaired) electrons. The van der Waals surface area contributed by atoms with Gasteiger partial charge < -0.3 is 20.7 Å². The van der Waals surface area contributed by atoms with E-state index >= 15 is 0 Å². The number of carbonyl (C=O) groups is 2. The molecule has 2 amide bonds. The summed E-state index contributed by atoms with van der Waals surface area (Å²) in [5.41, 5.74) is 0.155. The van der Waals surface area contributed by atoms with Gasteiger partial charge in [0.15, 0.2) is 0 Å². The van der Waals surface area contributed by atoms with Crippen molar-refractivity contribution in [2.24, 2.45) is 5.41 Å². The Bertz CT molecular complexity index is 653. The Labute approximate surface area is 141 Å². The molecule has 2 bridgehead atoms. The third-order valence-electron chi connectivity index (χ3n) is 4.47. The molecule has 1 aromatic rings. The molecule has 128 valence electrons. The molecule has 2 heterocycles. The lowest BCUT2D eigenvalue weighted by Gasteiger charge is -2.40. The molecule has 2 aliphatic rings. The zero-order valence-corrected chi connectivity index (χ0v) is 13.8. The lowest BCUT2D eigenvalue weighted by molar-refractivity contribution is -0.133. The van der Waals surface area contributed by atoms with Gasteiger partial charge in [0.2, 0.25) is 5.91 Å². The molecular formula is C18H23N3O3. The molecule has 6 nitrogen and oxygen atoms in total. The Morgan fingerprint density at radius 1 is 1.21 bits per heavy atom. The molecule has 1 fully saturated rings. The first kappa shape index (κ1) is 16.5. The van der Waals surface area contributed by atoms with Crippen LogP contribution in [0.5, 0.6) is 5.75 Å². The lowest BCUT2D eigenvalue weighted by Crippen LogP contribution is -2.62. The van der Waals surface area contributed by atoms with Crippen LogP contribution < -0.4 is 20.7 Å². The lowest BCUT2D eigenvalue weighted by atomic mass is 9.77. The monoisotopic (exact) mass is 329 g/mol. The van der Waals surface area contributed by atoms with Crippen LogP contribution in [-0.4, -0.2) is 44.1 Å². The van der Waals surface area contributed by atoms with E-state index in [1.54, 1.807) is 18.2 Å². The smallest absolute Gasteiger partial charge is 0.251 e. The summed E-state index contributed by atoms with van der Waals surface area (Å²) in [6.07, 6.45) is 4.59. The fraction of sp³-hybridized carbons (Fsp3) is 0.444. The first-order valence-electron chi connectivity index (χ1n) is 8.27. The van der Waals surface area contributed by atoms with Crippen molar-refractivity contribution in [2.45, 2.75) is 19.4 Å². The third-order valence-corrected chi connectivity index (χ3v) is 4.47. The van der Waals surface area contributed by atoms with Crippen LogP contribution in [0.25, 0.3) is 0 Å². The Hall–Kier alpha value is -2.34. The zero-order chi connectivity index (χ0) is 17.0. The van der Waals surface area contributed by atoms with Crippen LogP contribution >= 0.6 is 0 Å². The molecule has 0 unspecified atom stereocenters. The van der Waals surface area contributed by atoms with Crippen molar-refractivity contribution < 1.29 is 14.3 Å². The maximum atomic E-state index is 12.5. The molecule has 3 rings (SSSR count). The first-order valence-corrected chi connectivity index (χ1v) is 8.27. The number of carbonyl (C=O) groups excluding carboxylic acids is 2. The van der Waals surface area contributed by atoms with Crippen molar-refractivity contribution >= 4 is 11.8 Å². The predicted molar refractivity (Wildman–Crippen MR) is 90.9 cm³/mol. The van der Waals surface area contributed by atoms with Gasteiger partial charge in [-0.15, -0.1) is 0 Å². The second kappa shape index (κ2) is 7.05. The second-order valence-corrected chi connectivity index (χ2v) is 6.48.